The van der Waals surface area contributed by atoms with Crippen LogP contribution in [0.15, 0.2) is 36.5 Å². The van der Waals surface area contributed by atoms with Gasteiger partial charge in [-0.3, -0.25) is 9.78 Å². The average molecular weight is 271 g/mol. The van der Waals surface area contributed by atoms with E-state index in [0.717, 1.165) is 16.9 Å². The van der Waals surface area contributed by atoms with Crippen LogP contribution in [0.5, 0.6) is 5.75 Å². The number of hydrogen-bond donors (Lipinski definition) is 2. The van der Waals surface area contributed by atoms with E-state index in [0.29, 0.717) is 17.9 Å². The molecule has 0 unspecified atom stereocenters. The molecule has 1 amide bonds. The highest BCUT2D eigenvalue weighted by Crippen LogP contribution is 2.21. The lowest BCUT2D eigenvalue weighted by molar-refractivity contribution is 0.102. The molecule has 20 heavy (non-hydrogen) atoms. The Morgan fingerprint density at radius 3 is 2.70 bits per heavy atom. The predicted molar refractivity (Wildman–Crippen MR) is 77.8 cm³/mol. The number of rotatable bonds is 4. The fourth-order valence-electron chi connectivity index (χ4n) is 1.83. The second-order valence-corrected chi connectivity index (χ2v) is 4.39. The number of nitrogens with one attached hydrogen (secondary N) is 1. The molecule has 3 N–H and O–H groups in total. The van der Waals surface area contributed by atoms with E-state index in [2.05, 4.69) is 10.3 Å². The Morgan fingerprint density at radius 2 is 2.15 bits per heavy atom. The summed E-state index contributed by atoms with van der Waals surface area (Å²) in [5, 5.41) is 2.80. The van der Waals surface area contributed by atoms with Crippen LogP contribution in [-0.2, 0) is 6.54 Å². The molecule has 0 aliphatic heterocycles. The fourth-order valence-corrected chi connectivity index (χ4v) is 1.83. The molecule has 1 aromatic heterocycles. The molecule has 104 valence electrons. The minimum atomic E-state index is -0.252. The molecule has 0 atom stereocenters. The van der Waals surface area contributed by atoms with Crippen LogP contribution in [0.1, 0.15) is 21.6 Å². The predicted octanol–water partition coefficient (Wildman–Crippen LogP) is 2.11. The van der Waals surface area contributed by atoms with E-state index in [1.807, 2.05) is 19.1 Å². The Morgan fingerprint density at radius 1 is 1.35 bits per heavy atom. The molecule has 0 aliphatic carbocycles. The first kappa shape index (κ1) is 14.0. The van der Waals surface area contributed by atoms with Crippen molar-refractivity contribution in [2.75, 3.05) is 12.4 Å². The third kappa shape index (κ3) is 3.13. The normalized spacial score (nSPS) is 10.2. The Kier molecular flexibility index (Phi) is 4.32. The van der Waals surface area contributed by atoms with Gasteiger partial charge in [-0.15, -0.1) is 0 Å². The van der Waals surface area contributed by atoms with Gasteiger partial charge in [-0.25, -0.2) is 0 Å². The summed E-state index contributed by atoms with van der Waals surface area (Å²) in [7, 11) is 1.61. The van der Waals surface area contributed by atoms with E-state index in [1.54, 1.807) is 31.5 Å². The molecule has 5 nitrogen and oxygen atoms in total. The number of amides is 1. The van der Waals surface area contributed by atoms with Gasteiger partial charge in [-0.1, -0.05) is 6.07 Å². The molecule has 0 saturated heterocycles. The van der Waals surface area contributed by atoms with Crippen molar-refractivity contribution in [1.29, 1.82) is 0 Å². The number of pyridine rings is 1. The molecule has 0 radical (unpaired) electrons. The number of carbonyl (C=O) groups is 1. The summed E-state index contributed by atoms with van der Waals surface area (Å²) in [5.74, 6) is 0.534. The highest BCUT2D eigenvalue weighted by atomic mass is 16.5. The number of hydrogen-bond acceptors (Lipinski definition) is 4. The van der Waals surface area contributed by atoms with Gasteiger partial charge in [0.25, 0.3) is 5.91 Å². The largest absolute Gasteiger partial charge is 0.496 e. The number of aryl methyl sites for hydroxylation is 1. The number of nitrogens with zero attached hydrogens (tertiary/aromatic N) is 1. The fraction of sp³-hybridized carbons (Fsp3) is 0.200. The minimum Gasteiger partial charge on any atom is -0.496 e. The zero-order valence-corrected chi connectivity index (χ0v) is 11.5. The highest BCUT2D eigenvalue weighted by Gasteiger charge is 2.08. The smallest absolute Gasteiger partial charge is 0.274 e. The summed E-state index contributed by atoms with van der Waals surface area (Å²) in [4.78, 5) is 16.1. The van der Waals surface area contributed by atoms with E-state index in [9.17, 15) is 4.79 Å². The van der Waals surface area contributed by atoms with E-state index in [-0.39, 0.29) is 5.91 Å². The Hall–Kier alpha value is -2.40. The Bertz CT molecular complexity index is 609. The molecule has 2 aromatic rings. The third-order valence-corrected chi connectivity index (χ3v) is 2.95. The first-order valence-corrected chi connectivity index (χ1v) is 6.25. The maximum absolute atomic E-state index is 12.0. The highest BCUT2D eigenvalue weighted by molar-refractivity contribution is 6.02. The van der Waals surface area contributed by atoms with E-state index >= 15 is 0 Å². The van der Waals surface area contributed by atoms with Crippen molar-refractivity contribution < 1.29 is 9.53 Å². The number of ether oxygens (including phenoxy) is 1. The number of benzene rings is 1. The van der Waals surface area contributed by atoms with Crippen LogP contribution < -0.4 is 15.8 Å². The molecular weight excluding hydrogens is 254 g/mol. The molecule has 0 aliphatic rings. The van der Waals surface area contributed by atoms with Gasteiger partial charge in [0.05, 0.1) is 7.11 Å². The molecule has 0 saturated carbocycles. The van der Waals surface area contributed by atoms with Crippen molar-refractivity contribution in [3.05, 3.63) is 53.3 Å². The van der Waals surface area contributed by atoms with Crippen molar-refractivity contribution in [3.8, 4) is 5.75 Å². The average Bonchev–Trinajstić information content (AvgIpc) is 2.47. The first-order valence-electron chi connectivity index (χ1n) is 6.25. The van der Waals surface area contributed by atoms with E-state index in [1.165, 1.54) is 0 Å². The number of carbonyl (C=O) groups excluding carboxylic acids is 1. The van der Waals surface area contributed by atoms with Crippen LogP contribution in [-0.4, -0.2) is 18.0 Å². The molecule has 0 bridgehead atoms. The molecule has 0 fully saturated rings. The van der Waals surface area contributed by atoms with E-state index < -0.39 is 0 Å². The number of methoxy groups -OCH3 is 1. The molecule has 5 heteroatoms. The van der Waals surface area contributed by atoms with Crippen LogP contribution in [0.25, 0.3) is 0 Å². The SMILES string of the molecule is COc1ccc(NC(=O)c2ccc(CN)cn2)cc1C. The minimum absolute atomic E-state index is 0.252. The first-order chi connectivity index (χ1) is 9.63. The summed E-state index contributed by atoms with van der Waals surface area (Å²) < 4.78 is 5.18. The summed E-state index contributed by atoms with van der Waals surface area (Å²) >= 11 is 0. The van der Waals surface area contributed by atoms with Gasteiger partial charge in [0.1, 0.15) is 11.4 Å². The number of anilines is 1. The lowest BCUT2D eigenvalue weighted by Crippen LogP contribution is -2.14. The van der Waals surface area contributed by atoms with Gasteiger partial charge in [-0.05, 0) is 42.3 Å². The van der Waals surface area contributed by atoms with Crippen molar-refractivity contribution >= 4 is 11.6 Å². The second kappa shape index (κ2) is 6.16. The molecule has 0 spiro atoms. The standard InChI is InChI=1S/C15H17N3O2/c1-10-7-12(4-6-14(10)20-2)18-15(19)13-5-3-11(8-16)9-17-13/h3-7,9H,8,16H2,1-2H3,(H,18,19). The summed E-state index contributed by atoms with van der Waals surface area (Å²) in [6, 6.07) is 8.91. The molecule has 1 aromatic carbocycles. The van der Waals surface area contributed by atoms with Crippen LogP contribution in [0.3, 0.4) is 0 Å². The quantitative estimate of drug-likeness (QED) is 0.892. The number of aromatic nitrogens is 1. The summed E-state index contributed by atoms with van der Waals surface area (Å²) in [6.45, 7) is 2.33. The zero-order chi connectivity index (χ0) is 14.5. The van der Waals surface area contributed by atoms with Gasteiger partial charge in [-0.2, -0.15) is 0 Å². The molecular formula is C15H17N3O2. The van der Waals surface area contributed by atoms with Gasteiger partial charge >= 0.3 is 0 Å². The van der Waals surface area contributed by atoms with Crippen molar-refractivity contribution in [3.63, 3.8) is 0 Å². The lowest BCUT2D eigenvalue weighted by atomic mass is 10.2. The lowest BCUT2D eigenvalue weighted by Gasteiger charge is -2.09. The van der Waals surface area contributed by atoms with Gasteiger partial charge < -0.3 is 15.8 Å². The zero-order valence-electron chi connectivity index (χ0n) is 11.5. The maximum Gasteiger partial charge on any atom is 0.274 e. The molecule has 1 heterocycles. The van der Waals surface area contributed by atoms with Gasteiger partial charge in [0, 0.05) is 18.4 Å². The summed E-state index contributed by atoms with van der Waals surface area (Å²) in [5.41, 5.74) is 8.40. The van der Waals surface area contributed by atoms with Crippen LogP contribution in [0.2, 0.25) is 0 Å². The third-order valence-electron chi connectivity index (χ3n) is 2.95. The van der Waals surface area contributed by atoms with E-state index in [4.69, 9.17) is 10.5 Å². The van der Waals surface area contributed by atoms with Crippen molar-refractivity contribution in [2.45, 2.75) is 13.5 Å². The Balaban J connectivity index is 2.12. The van der Waals surface area contributed by atoms with Gasteiger partial charge in [0.15, 0.2) is 0 Å². The monoisotopic (exact) mass is 271 g/mol. The van der Waals surface area contributed by atoms with Crippen LogP contribution in [0.4, 0.5) is 5.69 Å². The van der Waals surface area contributed by atoms with Crippen molar-refractivity contribution in [1.82, 2.24) is 4.98 Å². The maximum atomic E-state index is 12.0. The van der Waals surface area contributed by atoms with Crippen LogP contribution >= 0.6 is 0 Å². The summed E-state index contributed by atoms with van der Waals surface area (Å²) in [6.07, 6.45) is 1.61. The van der Waals surface area contributed by atoms with Crippen molar-refractivity contribution in [2.24, 2.45) is 5.73 Å². The Labute approximate surface area is 117 Å². The van der Waals surface area contributed by atoms with Gasteiger partial charge in [0.2, 0.25) is 0 Å². The molecule has 2 rings (SSSR count). The second-order valence-electron chi connectivity index (χ2n) is 4.39. The van der Waals surface area contributed by atoms with Crippen LogP contribution in [0, 0.1) is 6.92 Å². The topological polar surface area (TPSA) is 77.2 Å². The number of nitrogens with two attached hydrogens (primary N) is 1.